The van der Waals surface area contributed by atoms with E-state index in [9.17, 15) is 13.2 Å². The number of rotatable bonds is 5. The normalized spacial score (nSPS) is 11.9. The summed E-state index contributed by atoms with van der Waals surface area (Å²) in [6, 6.07) is 5.38. The quantitative estimate of drug-likeness (QED) is 0.776. The molecule has 0 radical (unpaired) electrons. The molecule has 0 N–H and O–H groups in total. The van der Waals surface area contributed by atoms with Gasteiger partial charge in [-0.3, -0.25) is 0 Å². The van der Waals surface area contributed by atoms with Crippen molar-refractivity contribution in [1.82, 2.24) is 14.8 Å². The van der Waals surface area contributed by atoms with E-state index in [4.69, 9.17) is 0 Å². The highest BCUT2D eigenvalue weighted by Crippen LogP contribution is 2.31. The zero-order chi connectivity index (χ0) is 15.5. The molecular weight excluding hydrogens is 299 g/mol. The molecule has 0 fully saturated rings. The Labute approximate surface area is 125 Å². The predicted octanol–water partition coefficient (Wildman–Crippen LogP) is 4.17. The standard InChI is InChI=1S/C14H16F3N3S/c1-3-12-18-19-13(20(12)4-2)21-9-10-6-5-7-11(8-10)14(15,16)17/h5-8H,3-4,9H2,1-2H3. The van der Waals surface area contributed by atoms with E-state index in [0.29, 0.717) is 11.3 Å². The molecule has 1 aromatic carbocycles. The van der Waals surface area contributed by atoms with Gasteiger partial charge in [-0.2, -0.15) is 13.2 Å². The van der Waals surface area contributed by atoms with Crippen LogP contribution in [0.15, 0.2) is 29.4 Å². The van der Waals surface area contributed by atoms with Gasteiger partial charge in [0.2, 0.25) is 0 Å². The highest BCUT2D eigenvalue weighted by atomic mass is 32.2. The number of thioether (sulfide) groups is 1. The molecule has 2 aromatic rings. The summed E-state index contributed by atoms with van der Waals surface area (Å²) in [5.74, 6) is 1.33. The van der Waals surface area contributed by atoms with Gasteiger partial charge in [0.05, 0.1) is 5.56 Å². The lowest BCUT2D eigenvalue weighted by atomic mass is 10.1. The zero-order valence-corrected chi connectivity index (χ0v) is 12.6. The Morgan fingerprint density at radius 3 is 2.57 bits per heavy atom. The molecule has 0 aliphatic heterocycles. The van der Waals surface area contributed by atoms with Crippen LogP contribution in [0.3, 0.4) is 0 Å². The number of hydrogen-bond donors (Lipinski definition) is 0. The Kier molecular flexibility index (Phi) is 4.92. The summed E-state index contributed by atoms with van der Waals surface area (Å²) in [4.78, 5) is 0. The van der Waals surface area contributed by atoms with Crippen LogP contribution in [0.2, 0.25) is 0 Å². The van der Waals surface area contributed by atoms with Crippen molar-refractivity contribution in [2.75, 3.05) is 0 Å². The van der Waals surface area contributed by atoms with Crippen molar-refractivity contribution in [3.05, 3.63) is 41.2 Å². The first-order valence-electron chi connectivity index (χ1n) is 6.66. The van der Waals surface area contributed by atoms with Crippen LogP contribution < -0.4 is 0 Å². The lowest BCUT2D eigenvalue weighted by molar-refractivity contribution is -0.137. The van der Waals surface area contributed by atoms with Crippen LogP contribution in [0.4, 0.5) is 13.2 Å². The molecule has 0 saturated carbocycles. The number of halogens is 3. The molecule has 7 heteroatoms. The molecule has 0 bridgehead atoms. The minimum atomic E-state index is -4.31. The third-order valence-corrected chi connectivity index (χ3v) is 4.09. The fraction of sp³-hybridized carbons (Fsp3) is 0.429. The highest BCUT2D eigenvalue weighted by Gasteiger charge is 2.30. The van der Waals surface area contributed by atoms with E-state index in [2.05, 4.69) is 10.2 Å². The van der Waals surface area contributed by atoms with E-state index in [1.165, 1.54) is 23.9 Å². The second-order valence-electron chi connectivity index (χ2n) is 4.48. The molecule has 0 unspecified atom stereocenters. The smallest absolute Gasteiger partial charge is 0.306 e. The van der Waals surface area contributed by atoms with E-state index < -0.39 is 11.7 Å². The van der Waals surface area contributed by atoms with Crippen LogP contribution in [-0.2, 0) is 24.9 Å². The SMILES string of the molecule is CCc1nnc(SCc2cccc(C(F)(F)F)c2)n1CC. The summed E-state index contributed by atoms with van der Waals surface area (Å²) in [5, 5.41) is 8.93. The van der Waals surface area contributed by atoms with E-state index in [1.807, 2.05) is 18.4 Å². The fourth-order valence-electron chi connectivity index (χ4n) is 1.99. The number of alkyl halides is 3. The summed E-state index contributed by atoms with van der Waals surface area (Å²) >= 11 is 1.40. The number of hydrogen-bond acceptors (Lipinski definition) is 3. The first-order valence-corrected chi connectivity index (χ1v) is 7.65. The molecule has 0 spiro atoms. The molecule has 3 nitrogen and oxygen atoms in total. The maximum Gasteiger partial charge on any atom is 0.416 e. The lowest BCUT2D eigenvalue weighted by Gasteiger charge is -2.09. The number of aryl methyl sites for hydroxylation is 1. The molecule has 2 rings (SSSR count). The Bertz CT molecular complexity index is 608. The molecule has 21 heavy (non-hydrogen) atoms. The van der Waals surface area contributed by atoms with E-state index in [0.717, 1.165) is 30.0 Å². The molecule has 1 heterocycles. The van der Waals surface area contributed by atoms with Crippen LogP contribution in [0.1, 0.15) is 30.8 Å². The second-order valence-corrected chi connectivity index (χ2v) is 5.43. The van der Waals surface area contributed by atoms with Crippen molar-refractivity contribution in [3.63, 3.8) is 0 Å². The monoisotopic (exact) mass is 315 g/mol. The summed E-state index contributed by atoms with van der Waals surface area (Å²) in [5.41, 5.74) is 0.00494. The Morgan fingerprint density at radius 1 is 1.19 bits per heavy atom. The van der Waals surface area contributed by atoms with Gasteiger partial charge in [0.15, 0.2) is 5.16 Å². The summed E-state index contributed by atoms with van der Waals surface area (Å²) in [6.45, 7) is 4.75. The Hall–Kier alpha value is -1.50. The predicted molar refractivity (Wildman–Crippen MR) is 76.1 cm³/mol. The maximum atomic E-state index is 12.7. The Morgan fingerprint density at radius 2 is 1.95 bits per heavy atom. The van der Waals surface area contributed by atoms with Crippen molar-refractivity contribution in [1.29, 1.82) is 0 Å². The summed E-state index contributed by atoms with van der Waals surface area (Å²) < 4.78 is 40.0. The van der Waals surface area contributed by atoms with Gasteiger partial charge in [0.25, 0.3) is 0 Å². The van der Waals surface area contributed by atoms with Crippen molar-refractivity contribution >= 4 is 11.8 Å². The zero-order valence-electron chi connectivity index (χ0n) is 11.8. The van der Waals surface area contributed by atoms with E-state index in [1.54, 1.807) is 6.07 Å². The van der Waals surface area contributed by atoms with Crippen LogP contribution in [0.5, 0.6) is 0 Å². The molecule has 0 atom stereocenters. The minimum absolute atomic E-state index is 0.436. The highest BCUT2D eigenvalue weighted by molar-refractivity contribution is 7.98. The lowest BCUT2D eigenvalue weighted by Crippen LogP contribution is -2.05. The Balaban J connectivity index is 2.12. The summed E-state index contributed by atoms with van der Waals surface area (Å²) in [6.07, 6.45) is -3.52. The molecule has 0 saturated heterocycles. The second kappa shape index (κ2) is 6.51. The van der Waals surface area contributed by atoms with E-state index in [-0.39, 0.29) is 0 Å². The van der Waals surface area contributed by atoms with Crippen LogP contribution >= 0.6 is 11.8 Å². The number of aromatic nitrogens is 3. The van der Waals surface area contributed by atoms with Gasteiger partial charge >= 0.3 is 6.18 Å². The minimum Gasteiger partial charge on any atom is -0.306 e. The van der Waals surface area contributed by atoms with E-state index >= 15 is 0 Å². The maximum absolute atomic E-state index is 12.7. The van der Waals surface area contributed by atoms with Gasteiger partial charge in [-0.05, 0) is 18.6 Å². The van der Waals surface area contributed by atoms with Crippen molar-refractivity contribution in [2.24, 2.45) is 0 Å². The van der Waals surface area contributed by atoms with Crippen LogP contribution in [0, 0.1) is 0 Å². The molecule has 0 aliphatic carbocycles. The molecule has 0 amide bonds. The first kappa shape index (κ1) is 15.9. The van der Waals surface area contributed by atoms with Crippen molar-refractivity contribution in [2.45, 2.75) is 43.9 Å². The topological polar surface area (TPSA) is 30.7 Å². The van der Waals surface area contributed by atoms with Gasteiger partial charge in [-0.15, -0.1) is 10.2 Å². The van der Waals surface area contributed by atoms with Crippen molar-refractivity contribution < 1.29 is 13.2 Å². The van der Waals surface area contributed by atoms with Crippen LogP contribution in [0.25, 0.3) is 0 Å². The van der Waals surface area contributed by atoms with Gasteiger partial charge in [-0.25, -0.2) is 0 Å². The van der Waals surface area contributed by atoms with Crippen LogP contribution in [-0.4, -0.2) is 14.8 Å². The molecule has 114 valence electrons. The third-order valence-electron chi connectivity index (χ3n) is 3.05. The molecular formula is C14H16F3N3S. The average Bonchev–Trinajstić information content (AvgIpc) is 2.86. The number of benzene rings is 1. The van der Waals surface area contributed by atoms with Gasteiger partial charge in [0.1, 0.15) is 5.82 Å². The fourth-order valence-corrected chi connectivity index (χ4v) is 2.95. The molecule has 1 aromatic heterocycles. The number of nitrogens with zero attached hydrogens (tertiary/aromatic N) is 3. The van der Waals surface area contributed by atoms with Crippen molar-refractivity contribution in [3.8, 4) is 0 Å². The van der Waals surface area contributed by atoms with Gasteiger partial charge in [0, 0.05) is 18.7 Å². The van der Waals surface area contributed by atoms with Gasteiger partial charge in [-0.1, -0.05) is 36.9 Å². The summed E-state index contributed by atoms with van der Waals surface area (Å²) in [7, 11) is 0. The molecule has 0 aliphatic rings. The third kappa shape index (κ3) is 3.78. The first-order chi connectivity index (χ1) is 9.95. The van der Waals surface area contributed by atoms with Gasteiger partial charge < -0.3 is 4.57 Å². The average molecular weight is 315 g/mol. The largest absolute Gasteiger partial charge is 0.416 e.